The zero-order valence-corrected chi connectivity index (χ0v) is 16.6. The fourth-order valence-corrected chi connectivity index (χ4v) is 4.00. The third-order valence-electron chi connectivity index (χ3n) is 4.36. The van der Waals surface area contributed by atoms with Gasteiger partial charge in [0.05, 0.1) is 12.1 Å². The van der Waals surface area contributed by atoms with Gasteiger partial charge >= 0.3 is 0 Å². The van der Waals surface area contributed by atoms with Crippen LogP contribution in [0.25, 0.3) is 0 Å². The molecule has 0 saturated heterocycles. The summed E-state index contributed by atoms with van der Waals surface area (Å²) in [4.78, 5) is 0. The summed E-state index contributed by atoms with van der Waals surface area (Å²) in [6.07, 6.45) is 13.5. The maximum atomic E-state index is 12.2. The van der Waals surface area contributed by atoms with Crippen molar-refractivity contribution in [2.45, 2.75) is 102 Å². The second kappa shape index (κ2) is 16.4. The number of hydrogen-bond donors (Lipinski definition) is 1. The Morgan fingerprint density at radius 3 is 2.00 bits per heavy atom. The molecule has 0 heterocycles. The van der Waals surface area contributed by atoms with Gasteiger partial charge in [0, 0.05) is 13.0 Å². The van der Waals surface area contributed by atoms with Gasteiger partial charge in [-0.05, 0) is 19.3 Å². The van der Waals surface area contributed by atoms with E-state index >= 15 is 0 Å². The van der Waals surface area contributed by atoms with Crippen molar-refractivity contribution in [3.63, 3.8) is 0 Å². The van der Waals surface area contributed by atoms with E-state index in [1.807, 2.05) is 6.07 Å². The molecule has 0 aromatic rings. The molecule has 25 heavy (non-hydrogen) atoms. The van der Waals surface area contributed by atoms with Crippen molar-refractivity contribution in [3.05, 3.63) is 0 Å². The van der Waals surface area contributed by atoms with Crippen LogP contribution in [-0.4, -0.2) is 20.2 Å². The molecule has 0 radical (unpaired) electrons. The van der Waals surface area contributed by atoms with Crippen molar-refractivity contribution in [3.8, 4) is 12.1 Å². The van der Waals surface area contributed by atoms with Crippen molar-refractivity contribution in [2.75, 3.05) is 6.54 Å². The minimum Gasteiger partial charge on any atom is -0.214 e. The number of unbranched alkanes of at least 4 members (excludes halogenated alkanes) is 11. The molecule has 0 spiro atoms. The summed E-state index contributed by atoms with van der Waals surface area (Å²) in [5, 5.41) is 16.7. The minimum atomic E-state index is -3.52. The van der Waals surface area contributed by atoms with Crippen molar-refractivity contribution in [2.24, 2.45) is 0 Å². The molecule has 0 amide bonds. The first-order valence-corrected chi connectivity index (χ1v) is 11.4. The summed E-state index contributed by atoms with van der Waals surface area (Å²) < 4.78 is 26.9. The molecule has 0 aliphatic carbocycles. The van der Waals surface area contributed by atoms with Gasteiger partial charge in [0.1, 0.15) is 0 Å². The van der Waals surface area contributed by atoms with Gasteiger partial charge in [-0.3, -0.25) is 0 Å². The Hall–Kier alpha value is -1.11. The van der Waals surface area contributed by atoms with Crippen LogP contribution in [0.3, 0.4) is 0 Å². The summed E-state index contributed by atoms with van der Waals surface area (Å²) in [5.74, 6) is 0. The largest absolute Gasteiger partial charge is 0.227 e. The molecule has 0 aromatic carbocycles. The Morgan fingerprint density at radius 2 is 1.40 bits per heavy atom. The van der Waals surface area contributed by atoms with Crippen LogP contribution in [0.4, 0.5) is 0 Å². The zero-order valence-electron chi connectivity index (χ0n) is 15.8. The third kappa shape index (κ3) is 13.8. The molecule has 0 aliphatic rings. The summed E-state index contributed by atoms with van der Waals surface area (Å²) in [7, 11) is -3.52. The first-order valence-electron chi connectivity index (χ1n) is 9.83. The van der Waals surface area contributed by atoms with Crippen LogP contribution in [0.5, 0.6) is 0 Å². The number of sulfonamides is 1. The van der Waals surface area contributed by atoms with E-state index in [0.29, 0.717) is 19.4 Å². The van der Waals surface area contributed by atoms with E-state index in [9.17, 15) is 8.42 Å². The lowest BCUT2D eigenvalue weighted by atomic mass is 10.1. The van der Waals surface area contributed by atoms with Gasteiger partial charge in [0.2, 0.25) is 10.0 Å². The van der Waals surface area contributed by atoms with E-state index in [1.54, 1.807) is 0 Å². The molecule has 0 rings (SSSR count). The van der Waals surface area contributed by atoms with E-state index in [4.69, 9.17) is 10.5 Å². The van der Waals surface area contributed by atoms with E-state index in [1.165, 1.54) is 19.3 Å². The molecular formula is C19H35N3O2S. The minimum absolute atomic E-state index is 0.412. The average Bonchev–Trinajstić information content (AvgIpc) is 2.59. The number of nitriles is 2. The Labute approximate surface area is 154 Å². The van der Waals surface area contributed by atoms with Crippen LogP contribution in [-0.2, 0) is 10.0 Å². The Bertz CT molecular complexity index is 492. The van der Waals surface area contributed by atoms with Gasteiger partial charge in [-0.15, -0.1) is 0 Å². The summed E-state index contributed by atoms with van der Waals surface area (Å²) in [5.41, 5.74) is 0. The topological polar surface area (TPSA) is 93.8 Å². The predicted molar refractivity (Wildman–Crippen MR) is 102 cm³/mol. The smallest absolute Gasteiger partial charge is 0.214 e. The number of nitrogens with zero attached hydrogens (tertiary/aromatic N) is 2. The lowest BCUT2D eigenvalue weighted by Crippen LogP contribution is -2.34. The first kappa shape index (κ1) is 23.9. The molecule has 0 bridgehead atoms. The highest BCUT2D eigenvalue weighted by Gasteiger charge is 2.23. The standard InChI is InChI=1S/C19H35N3O2S/c1-2-3-4-5-9-12-15-19(18-21)25(23,24)22-17-14-11-8-6-7-10-13-16-20/h19,22H,2-15,17H2,1H3. The Balaban J connectivity index is 3.80. The van der Waals surface area contributed by atoms with Crippen molar-refractivity contribution >= 4 is 10.0 Å². The van der Waals surface area contributed by atoms with Crippen molar-refractivity contribution in [1.29, 1.82) is 10.5 Å². The monoisotopic (exact) mass is 369 g/mol. The summed E-state index contributed by atoms with van der Waals surface area (Å²) in [6, 6.07) is 4.08. The summed E-state index contributed by atoms with van der Waals surface area (Å²) >= 11 is 0. The Morgan fingerprint density at radius 1 is 0.840 bits per heavy atom. The van der Waals surface area contributed by atoms with Crippen LogP contribution in [0.1, 0.15) is 96.8 Å². The molecule has 1 N–H and O–H groups in total. The summed E-state index contributed by atoms with van der Waals surface area (Å²) in [6.45, 7) is 2.58. The fraction of sp³-hybridized carbons (Fsp3) is 0.895. The van der Waals surface area contributed by atoms with Crippen LogP contribution < -0.4 is 4.72 Å². The second-order valence-electron chi connectivity index (χ2n) is 6.64. The van der Waals surface area contributed by atoms with Crippen molar-refractivity contribution < 1.29 is 8.42 Å². The van der Waals surface area contributed by atoms with E-state index < -0.39 is 15.3 Å². The van der Waals surface area contributed by atoms with Gasteiger partial charge in [-0.25, -0.2) is 13.1 Å². The van der Waals surface area contributed by atoms with Gasteiger partial charge in [0.25, 0.3) is 0 Å². The zero-order chi connectivity index (χ0) is 18.8. The maximum absolute atomic E-state index is 12.2. The normalized spacial score (nSPS) is 12.4. The van der Waals surface area contributed by atoms with E-state index in [0.717, 1.165) is 57.8 Å². The molecule has 0 fully saturated rings. The molecule has 0 aliphatic heterocycles. The molecular weight excluding hydrogens is 334 g/mol. The Kier molecular flexibility index (Phi) is 15.6. The molecule has 144 valence electrons. The number of rotatable bonds is 17. The molecule has 1 unspecified atom stereocenters. The van der Waals surface area contributed by atoms with Gasteiger partial charge < -0.3 is 0 Å². The quantitative estimate of drug-likeness (QED) is 0.372. The van der Waals surface area contributed by atoms with Crippen LogP contribution in [0, 0.1) is 22.7 Å². The molecule has 0 saturated carbocycles. The second-order valence-corrected chi connectivity index (χ2v) is 8.59. The lowest BCUT2D eigenvalue weighted by Gasteiger charge is -2.12. The highest BCUT2D eigenvalue weighted by molar-refractivity contribution is 7.90. The number of hydrogen-bond acceptors (Lipinski definition) is 4. The fourth-order valence-electron chi connectivity index (χ4n) is 2.75. The van der Waals surface area contributed by atoms with Crippen LogP contribution in [0.2, 0.25) is 0 Å². The highest BCUT2D eigenvalue weighted by atomic mass is 32.2. The molecule has 1 atom stereocenters. The van der Waals surface area contributed by atoms with Crippen molar-refractivity contribution in [1.82, 2.24) is 4.72 Å². The first-order chi connectivity index (χ1) is 12.1. The average molecular weight is 370 g/mol. The third-order valence-corrected chi connectivity index (χ3v) is 6.05. The SMILES string of the molecule is CCCCCCCCC(C#N)S(=O)(=O)NCCCCCCCCC#N. The lowest BCUT2D eigenvalue weighted by molar-refractivity contribution is 0.547. The van der Waals surface area contributed by atoms with Crippen LogP contribution >= 0.6 is 0 Å². The molecule has 5 nitrogen and oxygen atoms in total. The van der Waals surface area contributed by atoms with Gasteiger partial charge in [-0.1, -0.05) is 71.1 Å². The maximum Gasteiger partial charge on any atom is 0.227 e. The van der Waals surface area contributed by atoms with Gasteiger partial charge in [0.15, 0.2) is 5.25 Å². The predicted octanol–water partition coefficient (Wildman–Crippen LogP) is 4.80. The van der Waals surface area contributed by atoms with E-state index in [2.05, 4.69) is 17.7 Å². The van der Waals surface area contributed by atoms with Gasteiger partial charge in [-0.2, -0.15) is 10.5 Å². The molecule has 6 heteroatoms. The number of nitrogens with one attached hydrogen (secondary N) is 1. The van der Waals surface area contributed by atoms with Crippen LogP contribution in [0.15, 0.2) is 0 Å². The highest BCUT2D eigenvalue weighted by Crippen LogP contribution is 2.13. The van der Waals surface area contributed by atoms with E-state index in [-0.39, 0.29) is 0 Å². The molecule has 0 aromatic heterocycles.